The fourth-order valence-corrected chi connectivity index (χ4v) is 6.19. The third kappa shape index (κ3) is 7.34. The van der Waals surface area contributed by atoms with E-state index < -0.39 is 0 Å². The average molecular weight is 565 g/mol. The minimum absolute atomic E-state index is 0.165. The van der Waals surface area contributed by atoms with E-state index in [1.807, 2.05) is 12.1 Å². The highest BCUT2D eigenvalue weighted by atomic mass is 35.5. The molecule has 0 bridgehead atoms. The number of aromatic nitrogens is 2. The Morgan fingerprint density at radius 1 is 1.17 bits per heavy atom. The van der Waals surface area contributed by atoms with Gasteiger partial charge in [0.2, 0.25) is 11.0 Å². The van der Waals surface area contributed by atoms with Crippen molar-refractivity contribution in [3.8, 4) is 0 Å². The number of carbonyl (C=O) groups is 2. The van der Waals surface area contributed by atoms with Gasteiger partial charge in [0.25, 0.3) is 5.91 Å². The van der Waals surface area contributed by atoms with Crippen LogP contribution in [0.25, 0.3) is 6.08 Å². The predicted octanol–water partition coefficient (Wildman–Crippen LogP) is 6.24. The van der Waals surface area contributed by atoms with Gasteiger partial charge in [-0.25, -0.2) is 4.39 Å². The summed E-state index contributed by atoms with van der Waals surface area (Å²) in [7, 11) is 0. The van der Waals surface area contributed by atoms with Crippen LogP contribution in [0.2, 0.25) is 5.02 Å². The number of carbonyl (C=O) groups excluding carboxylic acids is 2. The quantitative estimate of drug-likeness (QED) is 0.143. The summed E-state index contributed by atoms with van der Waals surface area (Å²) >= 11 is 15.2. The molecular weight excluding hydrogens is 547 g/mol. The maximum atomic E-state index is 13.0. The van der Waals surface area contributed by atoms with Crippen molar-refractivity contribution in [1.29, 1.82) is 0 Å². The van der Waals surface area contributed by atoms with E-state index >= 15 is 0 Å². The van der Waals surface area contributed by atoms with Crippen LogP contribution in [-0.2, 0) is 15.3 Å². The molecule has 1 N–H and O–H groups in total. The van der Waals surface area contributed by atoms with Gasteiger partial charge in [-0.05, 0) is 47.9 Å². The van der Waals surface area contributed by atoms with Crippen LogP contribution in [0.1, 0.15) is 24.0 Å². The average Bonchev–Trinajstić information content (AvgIpc) is 3.39. The number of hydrogen-bond acceptors (Lipinski definition) is 8. The van der Waals surface area contributed by atoms with Gasteiger partial charge in [-0.2, -0.15) is 0 Å². The summed E-state index contributed by atoms with van der Waals surface area (Å²) in [5.74, 6) is -0.0242. The standard InChI is InChI=1S/C23H18ClFN4O2S4/c24-16-7-3-14(4-8-16)12-18-20(31)29(23(32)34-18)11-1-2-19(30)26-21-27-28-22(35-21)33-13-15-5-9-17(25)10-6-15/h3-10,12H,1-2,11,13H2,(H,26,27,30)/b18-12-. The lowest BCUT2D eigenvalue weighted by molar-refractivity contribution is -0.122. The van der Waals surface area contributed by atoms with Gasteiger partial charge in [0.05, 0.1) is 4.91 Å². The number of nitrogens with one attached hydrogen (secondary N) is 1. The molecule has 1 fully saturated rings. The van der Waals surface area contributed by atoms with Gasteiger partial charge >= 0.3 is 0 Å². The Kier molecular flexibility index (Phi) is 8.90. The van der Waals surface area contributed by atoms with E-state index in [0.29, 0.717) is 42.4 Å². The monoisotopic (exact) mass is 564 g/mol. The first kappa shape index (κ1) is 25.8. The molecule has 3 aromatic rings. The second-order valence-electron chi connectivity index (χ2n) is 7.32. The summed E-state index contributed by atoms with van der Waals surface area (Å²) in [6, 6.07) is 13.5. The van der Waals surface area contributed by atoms with Gasteiger partial charge in [-0.3, -0.25) is 14.5 Å². The highest BCUT2D eigenvalue weighted by Crippen LogP contribution is 2.33. The van der Waals surface area contributed by atoms with E-state index in [9.17, 15) is 14.0 Å². The SMILES string of the molecule is O=C(CCCN1C(=O)/C(=C/c2ccc(Cl)cc2)SC1=S)Nc1nnc(SCc2ccc(F)cc2)s1. The largest absolute Gasteiger partial charge is 0.301 e. The Morgan fingerprint density at radius 3 is 2.66 bits per heavy atom. The van der Waals surface area contributed by atoms with Crippen LogP contribution in [0.5, 0.6) is 0 Å². The first-order valence-electron chi connectivity index (χ1n) is 10.4. The van der Waals surface area contributed by atoms with Gasteiger partial charge in [0, 0.05) is 23.7 Å². The van der Waals surface area contributed by atoms with Crippen LogP contribution in [0, 0.1) is 5.82 Å². The molecule has 1 aromatic heterocycles. The molecule has 0 radical (unpaired) electrons. The van der Waals surface area contributed by atoms with Crippen molar-refractivity contribution in [2.75, 3.05) is 11.9 Å². The molecule has 2 heterocycles. The first-order chi connectivity index (χ1) is 16.9. The van der Waals surface area contributed by atoms with Crippen LogP contribution in [0.3, 0.4) is 0 Å². The lowest BCUT2D eigenvalue weighted by Crippen LogP contribution is -2.29. The first-order valence-corrected chi connectivity index (χ1v) is 13.8. The second kappa shape index (κ2) is 12.1. The third-order valence-electron chi connectivity index (χ3n) is 4.76. The van der Waals surface area contributed by atoms with Crippen LogP contribution in [0.15, 0.2) is 57.8 Å². The number of thiocarbonyl (C=S) groups is 1. The Labute approximate surface area is 224 Å². The van der Waals surface area contributed by atoms with Crippen molar-refractivity contribution >= 4 is 86.0 Å². The van der Waals surface area contributed by atoms with Crippen LogP contribution in [0.4, 0.5) is 9.52 Å². The topological polar surface area (TPSA) is 75.2 Å². The summed E-state index contributed by atoms with van der Waals surface area (Å²) in [6.07, 6.45) is 2.45. The molecule has 2 aromatic carbocycles. The Morgan fingerprint density at radius 2 is 1.91 bits per heavy atom. The molecule has 1 aliphatic heterocycles. The van der Waals surface area contributed by atoms with E-state index in [1.165, 1.54) is 51.9 Å². The van der Waals surface area contributed by atoms with E-state index in [0.717, 1.165) is 11.1 Å². The molecule has 180 valence electrons. The molecule has 35 heavy (non-hydrogen) atoms. The zero-order valence-electron chi connectivity index (χ0n) is 18.1. The van der Waals surface area contributed by atoms with Crippen LogP contribution >= 0.6 is 58.7 Å². The van der Waals surface area contributed by atoms with Gasteiger partial charge < -0.3 is 5.32 Å². The van der Waals surface area contributed by atoms with E-state index in [-0.39, 0.29) is 24.1 Å². The molecule has 0 aliphatic carbocycles. The van der Waals surface area contributed by atoms with Crippen molar-refractivity contribution in [3.63, 3.8) is 0 Å². The zero-order valence-corrected chi connectivity index (χ0v) is 22.1. The highest BCUT2D eigenvalue weighted by Gasteiger charge is 2.31. The van der Waals surface area contributed by atoms with Crippen molar-refractivity contribution in [2.45, 2.75) is 22.9 Å². The summed E-state index contributed by atoms with van der Waals surface area (Å²) in [5, 5.41) is 11.8. The number of thioether (sulfide) groups is 2. The zero-order chi connectivity index (χ0) is 24.8. The van der Waals surface area contributed by atoms with Gasteiger partial charge in [0.1, 0.15) is 10.1 Å². The van der Waals surface area contributed by atoms with Crippen molar-refractivity contribution in [3.05, 3.63) is 75.4 Å². The molecule has 0 unspecified atom stereocenters. The molecular formula is C23H18ClFN4O2S4. The molecule has 0 saturated carbocycles. The van der Waals surface area contributed by atoms with Gasteiger partial charge in [-0.1, -0.05) is 82.9 Å². The van der Waals surface area contributed by atoms with E-state index in [2.05, 4.69) is 15.5 Å². The number of rotatable bonds is 9. The maximum Gasteiger partial charge on any atom is 0.266 e. The molecule has 4 rings (SSSR count). The number of nitrogens with zero attached hydrogens (tertiary/aromatic N) is 3. The van der Waals surface area contributed by atoms with Crippen LogP contribution in [-0.4, -0.2) is 37.8 Å². The molecule has 12 heteroatoms. The van der Waals surface area contributed by atoms with Crippen molar-refractivity contribution < 1.29 is 14.0 Å². The fraction of sp³-hybridized carbons (Fsp3) is 0.174. The summed E-state index contributed by atoms with van der Waals surface area (Å²) in [4.78, 5) is 27.1. The molecule has 1 saturated heterocycles. The fourth-order valence-electron chi connectivity index (χ4n) is 3.03. The number of benzene rings is 2. The number of hydrogen-bond donors (Lipinski definition) is 1. The van der Waals surface area contributed by atoms with Gasteiger partial charge in [0.15, 0.2) is 4.34 Å². The van der Waals surface area contributed by atoms with E-state index in [1.54, 1.807) is 30.3 Å². The molecule has 6 nitrogen and oxygen atoms in total. The Hall–Kier alpha value is -2.31. The number of halogens is 2. The summed E-state index contributed by atoms with van der Waals surface area (Å²) in [5.41, 5.74) is 1.83. The lowest BCUT2D eigenvalue weighted by atomic mass is 10.2. The van der Waals surface area contributed by atoms with Gasteiger partial charge in [-0.15, -0.1) is 10.2 Å². The smallest absolute Gasteiger partial charge is 0.266 e. The van der Waals surface area contributed by atoms with Crippen molar-refractivity contribution in [1.82, 2.24) is 15.1 Å². The molecule has 2 amide bonds. The number of amides is 2. The van der Waals surface area contributed by atoms with Crippen LogP contribution < -0.4 is 5.32 Å². The van der Waals surface area contributed by atoms with Crippen molar-refractivity contribution in [2.24, 2.45) is 0 Å². The minimum Gasteiger partial charge on any atom is -0.301 e. The number of anilines is 1. The molecule has 0 spiro atoms. The molecule has 1 aliphatic rings. The molecule has 0 atom stereocenters. The lowest BCUT2D eigenvalue weighted by Gasteiger charge is -2.13. The summed E-state index contributed by atoms with van der Waals surface area (Å²) < 4.78 is 14.2. The second-order valence-corrected chi connectivity index (χ2v) is 11.6. The Balaban J connectivity index is 1.22. The highest BCUT2D eigenvalue weighted by molar-refractivity contribution is 8.26. The Bertz CT molecular complexity index is 1270. The maximum absolute atomic E-state index is 13.0. The minimum atomic E-state index is -0.274. The predicted molar refractivity (Wildman–Crippen MR) is 145 cm³/mol. The van der Waals surface area contributed by atoms with E-state index in [4.69, 9.17) is 23.8 Å². The normalized spacial score (nSPS) is 14.7. The summed E-state index contributed by atoms with van der Waals surface area (Å²) in [6.45, 7) is 0.352. The third-order valence-corrected chi connectivity index (χ3v) is 8.43.